The molecular weight excluding hydrogens is 450 g/mol. The zero-order chi connectivity index (χ0) is 24.5. The summed E-state index contributed by atoms with van der Waals surface area (Å²) in [6.45, 7) is 4.13. The first-order valence-electron chi connectivity index (χ1n) is 10.4. The van der Waals surface area contributed by atoms with Gasteiger partial charge in [-0.15, -0.1) is 11.8 Å². The molecule has 10 nitrogen and oxygen atoms in total. The number of carbonyl (C=O) groups is 2. The summed E-state index contributed by atoms with van der Waals surface area (Å²) < 4.78 is 15.7. The van der Waals surface area contributed by atoms with Crippen LogP contribution in [0.25, 0.3) is 0 Å². The van der Waals surface area contributed by atoms with Crippen LogP contribution in [0.5, 0.6) is 0 Å². The number of thioether (sulfide) groups is 1. The summed E-state index contributed by atoms with van der Waals surface area (Å²) in [5, 5.41) is 12.0. The highest BCUT2D eigenvalue weighted by Gasteiger charge is 2.41. The Morgan fingerprint density at radius 2 is 1.91 bits per heavy atom. The molecule has 0 aromatic heterocycles. The SMILES string of the molecule is CCOC(=O)C1=C(SCCN)N(C)C(C)=C(C(=O)OCCOC)C1c1cccc([N+](=O)[O-])c1. The van der Waals surface area contributed by atoms with Crippen LogP contribution < -0.4 is 5.73 Å². The number of esters is 2. The molecular formula is C22H29N3O7S. The summed E-state index contributed by atoms with van der Waals surface area (Å²) in [5.74, 6) is -1.66. The van der Waals surface area contributed by atoms with Gasteiger partial charge in [0, 0.05) is 44.3 Å². The summed E-state index contributed by atoms with van der Waals surface area (Å²) >= 11 is 1.36. The van der Waals surface area contributed by atoms with Crippen molar-refractivity contribution in [3.8, 4) is 0 Å². The van der Waals surface area contributed by atoms with Gasteiger partial charge in [0.15, 0.2) is 0 Å². The van der Waals surface area contributed by atoms with E-state index in [1.54, 1.807) is 31.9 Å². The summed E-state index contributed by atoms with van der Waals surface area (Å²) in [7, 11) is 3.22. The van der Waals surface area contributed by atoms with Gasteiger partial charge in [0.05, 0.1) is 40.2 Å². The number of nitrogens with zero attached hydrogens (tertiary/aromatic N) is 2. The second-order valence-electron chi connectivity index (χ2n) is 7.05. The minimum atomic E-state index is -0.921. The lowest BCUT2D eigenvalue weighted by Crippen LogP contribution is -2.34. The Kier molecular flexibility index (Phi) is 9.89. The Hall–Kier alpha value is -2.89. The number of hydrogen-bond acceptors (Lipinski definition) is 10. The lowest BCUT2D eigenvalue weighted by atomic mass is 9.81. The van der Waals surface area contributed by atoms with E-state index in [1.807, 2.05) is 0 Å². The first-order valence-corrected chi connectivity index (χ1v) is 11.4. The molecule has 1 heterocycles. The van der Waals surface area contributed by atoms with Crippen molar-refractivity contribution in [2.45, 2.75) is 19.8 Å². The monoisotopic (exact) mass is 479 g/mol. The van der Waals surface area contributed by atoms with E-state index in [-0.39, 0.29) is 36.7 Å². The lowest BCUT2D eigenvalue weighted by Gasteiger charge is -2.36. The van der Waals surface area contributed by atoms with E-state index in [1.165, 1.54) is 37.1 Å². The largest absolute Gasteiger partial charge is 0.463 e. The Labute approximate surface area is 196 Å². The molecule has 0 saturated carbocycles. The zero-order valence-electron chi connectivity index (χ0n) is 19.2. The highest BCUT2D eigenvalue weighted by atomic mass is 32.2. The Morgan fingerprint density at radius 3 is 2.52 bits per heavy atom. The number of allylic oxidation sites excluding steroid dienone is 1. The molecule has 0 saturated heterocycles. The molecule has 0 radical (unpaired) electrons. The van der Waals surface area contributed by atoms with Gasteiger partial charge in [0.1, 0.15) is 6.61 Å². The van der Waals surface area contributed by atoms with Gasteiger partial charge in [0.2, 0.25) is 0 Å². The van der Waals surface area contributed by atoms with Crippen molar-refractivity contribution >= 4 is 29.4 Å². The molecule has 0 spiro atoms. The van der Waals surface area contributed by atoms with Crippen molar-refractivity contribution in [3.63, 3.8) is 0 Å². The molecule has 1 aliphatic heterocycles. The third kappa shape index (κ3) is 6.12. The second kappa shape index (κ2) is 12.4. The number of benzene rings is 1. The molecule has 0 aliphatic carbocycles. The van der Waals surface area contributed by atoms with Crippen LogP contribution in [0.4, 0.5) is 5.69 Å². The maximum Gasteiger partial charge on any atom is 0.337 e. The van der Waals surface area contributed by atoms with Crippen molar-refractivity contribution in [1.82, 2.24) is 4.90 Å². The highest BCUT2D eigenvalue weighted by molar-refractivity contribution is 8.03. The Morgan fingerprint density at radius 1 is 1.21 bits per heavy atom. The van der Waals surface area contributed by atoms with Gasteiger partial charge in [-0.3, -0.25) is 10.1 Å². The van der Waals surface area contributed by atoms with Crippen molar-refractivity contribution in [2.75, 3.05) is 46.3 Å². The molecule has 2 N–H and O–H groups in total. The molecule has 0 fully saturated rings. The Balaban J connectivity index is 2.75. The lowest BCUT2D eigenvalue weighted by molar-refractivity contribution is -0.384. The molecule has 180 valence electrons. The number of hydrogen-bond donors (Lipinski definition) is 1. The summed E-state index contributed by atoms with van der Waals surface area (Å²) in [6.07, 6.45) is 0. The van der Waals surface area contributed by atoms with E-state index in [0.717, 1.165) is 0 Å². The summed E-state index contributed by atoms with van der Waals surface area (Å²) in [6, 6.07) is 5.87. The molecule has 1 aromatic rings. The van der Waals surface area contributed by atoms with Crippen molar-refractivity contribution < 1.29 is 28.7 Å². The molecule has 1 aromatic carbocycles. The molecule has 1 atom stereocenters. The standard InChI is InChI=1S/C22H29N3O7S/c1-5-31-22(27)19-18(15-7-6-8-16(13-15)25(28)29)17(21(26)32-11-10-30-4)14(2)24(3)20(19)33-12-9-23/h6-8,13,18H,5,9-12,23H2,1-4H3. The third-order valence-corrected chi connectivity index (χ3v) is 6.22. The van der Waals surface area contributed by atoms with E-state index < -0.39 is 22.8 Å². The molecule has 0 bridgehead atoms. The van der Waals surface area contributed by atoms with E-state index in [4.69, 9.17) is 19.9 Å². The van der Waals surface area contributed by atoms with Crippen LogP contribution in [0.3, 0.4) is 0 Å². The van der Waals surface area contributed by atoms with Gasteiger partial charge in [0.25, 0.3) is 5.69 Å². The fourth-order valence-electron chi connectivity index (χ4n) is 3.45. The van der Waals surface area contributed by atoms with Crippen LogP contribution in [0, 0.1) is 10.1 Å². The van der Waals surface area contributed by atoms with Gasteiger partial charge in [-0.1, -0.05) is 12.1 Å². The molecule has 2 rings (SSSR count). The van der Waals surface area contributed by atoms with Gasteiger partial charge in [-0.2, -0.15) is 0 Å². The van der Waals surface area contributed by atoms with E-state index in [0.29, 0.717) is 28.6 Å². The molecule has 11 heteroatoms. The number of rotatable bonds is 11. The van der Waals surface area contributed by atoms with Crippen LogP contribution in [0.2, 0.25) is 0 Å². The van der Waals surface area contributed by atoms with Crippen molar-refractivity contribution in [1.29, 1.82) is 0 Å². The van der Waals surface area contributed by atoms with Gasteiger partial charge < -0.3 is 24.8 Å². The minimum Gasteiger partial charge on any atom is -0.463 e. The summed E-state index contributed by atoms with van der Waals surface area (Å²) in [4.78, 5) is 39.0. The fourth-order valence-corrected chi connectivity index (χ4v) is 4.45. The number of carbonyl (C=O) groups excluding carboxylic acids is 2. The fraction of sp³-hybridized carbons (Fsp3) is 0.455. The Bertz CT molecular complexity index is 961. The number of non-ortho nitro benzene ring substituents is 1. The second-order valence-corrected chi connectivity index (χ2v) is 8.13. The van der Waals surface area contributed by atoms with Crippen LogP contribution in [-0.4, -0.2) is 68.0 Å². The average molecular weight is 480 g/mol. The first-order chi connectivity index (χ1) is 15.8. The molecule has 0 amide bonds. The quantitative estimate of drug-likeness (QED) is 0.218. The number of nitro benzene ring substituents is 1. The van der Waals surface area contributed by atoms with Gasteiger partial charge >= 0.3 is 11.9 Å². The van der Waals surface area contributed by atoms with Gasteiger partial charge in [-0.05, 0) is 19.4 Å². The van der Waals surface area contributed by atoms with Crippen LogP contribution >= 0.6 is 11.8 Å². The maximum absolute atomic E-state index is 13.2. The molecule has 1 aliphatic rings. The van der Waals surface area contributed by atoms with E-state index >= 15 is 0 Å². The minimum absolute atomic E-state index is 0.0186. The third-order valence-electron chi connectivity index (χ3n) is 5.01. The van der Waals surface area contributed by atoms with E-state index in [2.05, 4.69) is 0 Å². The number of nitrogens with two attached hydrogens (primary N) is 1. The smallest absolute Gasteiger partial charge is 0.337 e. The zero-order valence-corrected chi connectivity index (χ0v) is 20.0. The molecule has 1 unspecified atom stereocenters. The number of nitro groups is 1. The normalized spacial score (nSPS) is 16.2. The predicted molar refractivity (Wildman–Crippen MR) is 124 cm³/mol. The van der Waals surface area contributed by atoms with Gasteiger partial charge in [-0.25, -0.2) is 9.59 Å². The van der Waals surface area contributed by atoms with Crippen LogP contribution in [0.15, 0.2) is 46.1 Å². The maximum atomic E-state index is 13.2. The topological polar surface area (TPSA) is 134 Å². The average Bonchev–Trinajstić information content (AvgIpc) is 2.79. The van der Waals surface area contributed by atoms with Crippen molar-refractivity contribution in [2.24, 2.45) is 5.73 Å². The number of ether oxygens (including phenoxy) is 3. The number of methoxy groups -OCH3 is 1. The summed E-state index contributed by atoms with van der Waals surface area (Å²) in [5.41, 5.74) is 6.92. The van der Waals surface area contributed by atoms with Crippen LogP contribution in [-0.2, 0) is 23.8 Å². The molecule has 33 heavy (non-hydrogen) atoms. The van der Waals surface area contributed by atoms with Crippen molar-refractivity contribution in [3.05, 3.63) is 61.8 Å². The predicted octanol–water partition coefficient (Wildman–Crippen LogP) is 2.55. The highest BCUT2D eigenvalue weighted by Crippen LogP contribution is 2.45. The van der Waals surface area contributed by atoms with Crippen LogP contribution in [0.1, 0.15) is 25.3 Å². The van der Waals surface area contributed by atoms with E-state index in [9.17, 15) is 19.7 Å². The first kappa shape index (κ1) is 26.4.